The standard InChI is InChI=1S/C12H16N4O/c1-3-8-6-5-7-14-10(8)11-15-12(17-16-11)9(13)4-2/h5-7,9H,3-4,13H2,1-2H3. The molecule has 5 heteroatoms. The van der Waals surface area contributed by atoms with Crippen LogP contribution in [0.5, 0.6) is 0 Å². The van der Waals surface area contributed by atoms with Crippen molar-refractivity contribution in [2.24, 2.45) is 5.73 Å². The van der Waals surface area contributed by atoms with Crippen LogP contribution in [0.25, 0.3) is 11.5 Å². The molecule has 17 heavy (non-hydrogen) atoms. The van der Waals surface area contributed by atoms with E-state index >= 15 is 0 Å². The Morgan fingerprint density at radius 1 is 1.41 bits per heavy atom. The van der Waals surface area contributed by atoms with Gasteiger partial charge in [0.15, 0.2) is 0 Å². The molecule has 1 unspecified atom stereocenters. The summed E-state index contributed by atoms with van der Waals surface area (Å²) < 4.78 is 5.15. The van der Waals surface area contributed by atoms with Crippen LogP contribution in [-0.2, 0) is 6.42 Å². The summed E-state index contributed by atoms with van der Waals surface area (Å²) in [6.45, 7) is 4.05. The number of hydrogen-bond acceptors (Lipinski definition) is 5. The molecule has 2 aromatic rings. The third-order valence-electron chi connectivity index (χ3n) is 2.68. The van der Waals surface area contributed by atoms with E-state index in [2.05, 4.69) is 22.0 Å². The molecule has 90 valence electrons. The Labute approximate surface area is 100 Å². The molecular weight excluding hydrogens is 216 g/mol. The molecule has 1 atom stereocenters. The Morgan fingerprint density at radius 2 is 2.24 bits per heavy atom. The number of nitrogens with two attached hydrogens (primary N) is 1. The molecule has 0 aromatic carbocycles. The van der Waals surface area contributed by atoms with E-state index < -0.39 is 0 Å². The highest BCUT2D eigenvalue weighted by molar-refractivity contribution is 5.53. The fourth-order valence-corrected chi connectivity index (χ4v) is 1.58. The summed E-state index contributed by atoms with van der Waals surface area (Å²) in [5.74, 6) is 0.983. The van der Waals surface area contributed by atoms with E-state index in [0.717, 1.165) is 24.1 Å². The minimum Gasteiger partial charge on any atom is -0.337 e. The van der Waals surface area contributed by atoms with Crippen LogP contribution in [0.1, 0.15) is 37.8 Å². The summed E-state index contributed by atoms with van der Waals surface area (Å²) in [6.07, 6.45) is 3.38. The quantitative estimate of drug-likeness (QED) is 0.873. The van der Waals surface area contributed by atoms with Crippen LogP contribution in [0.3, 0.4) is 0 Å². The second kappa shape index (κ2) is 5.05. The second-order valence-electron chi connectivity index (χ2n) is 3.84. The lowest BCUT2D eigenvalue weighted by atomic mass is 10.1. The maximum absolute atomic E-state index is 5.84. The van der Waals surface area contributed by atoms with E-state index in [9.17, 15) is 0 Å². The number of rotatable bonds is 4. The van der Waals surface area contributed by atoms with E-state index in [1.165, 1.54) is 0 Å². The average molecular weight is 232 g/mol. The van der Waals surface area contributed by atoms with Gasteiger partial charge in [-0.25, -0.2) is 0 Å². The maximum Gasteiger partial charge on any atom is 0.243 e. The maximum atomic E-state index is 5.84. The topological polar surface area (TPSA) is 77.8 Å². The van der Waals surface area contributed by atoms with Crippen LogP contribution in [0, 0.1) is 0 Å². The smallest absolute Gasteiger partial charge is 0.243 e. The normalized spacial score (nSPS) is 12.6. The molecular formula is C12H16N4O. The summed E-state index contributed by atoms with van der Waals surface area (Å²) in [5, 5.41) is 3.94. The van der Waals surface area contributed by atoms with Crippen molar-refractivity contribution < 1.29 is 4.52 Å². The zero-order valence-corrected chi connectivity index (χ0v) is 10.1. The van der Waals surface area contributed by atoms with Crippen molar-refractivity contribution in [1.29, 1.82) is 0 Å². The highest BCUT2D eigenvalue weighted by Gasteiger charge is 2.16. The van der Waals surface area contributed by atoms with Crippen molar-refractivity contribution >= 4 is 0 Å². The summed E-state index contributed by atoms with van der Waals surface area (Å²) in [6, 6.07) is 3.71. The molecule has 0 bridgehead atoms. The molecule has 2 N–H and O–H groups in total. The average Bonchev–Trinajstić information content (AvgIpc) is 2.87. The monoisotopic (exact) mass is 232 g/mol. The Hall–Kier alpha value is -1.75. The fourth-order valence-electron chi connectivity index (χ4n) is 1.58. The molecule has 2 heterocycles. The fraction of sp³-hybridized carbons (Fsp3) is 0.417. The van der Waals surface area contributed by atoms with Gasteiger partial charge in [0, 0.05) is 6.20 Å². The Morgan fingerprint density at radius 3 is 2.94 bits per heavy atom. The Bertz CT molecular complexity index is 495. The van der Waals surface area contributed by atoms with Crippen molar-refractivity contribution in [3.63, 3.8) is 0 Å². The first-order chi connectivity index (χ1) is 8.26. The molecule has 0 saturated carbocycles. The number of hydrogen-bond donors (Lipinski definition) is 1. The molecule has 0 aliphatic heterocycles. The molecule has 0 aliphatic rings. The number of aryl methyl sites for hydroxylation is 1. The van der Waals surface area contributed by atoms with Crippen molar-refractivity contribution in [3.05, 3.63) is 29.8 Å². The van der Waals surface area contributed by atoms with Gasteiger partial charge in [0.05, 0.1) is 6.04 Å². The van der Waals surface area contributed by atoms with Gasteiger partial charge in [-0.1, -0.05) is 25.1 Å². The molecule has 0 fully saturated rings. The summed E-state index contributed by atoms with van der Waals surface area (Å²) in [7, 11) is 0. The van der Waals surface area contributed by atoms with Crippen LogP contribution in [0.4, 0.5) is 0 Å². The highest BCUT2D eigenvalue weighted by atomic mass is 16.5. The molecule has 0 spiro atoms. The number of pyridine rings is 1. The zero-order valence-electron chi connectivity index (χ0n) is 10.1. The van der Waals surface area contributed by atoms with Gasteiger partial charge in [-0.15, -0.1) is 0 Å². The highest BCUT2D eigenvalue weighted by Crippen LogP contribution is 2.20. The van der Waals surface area contributed by atoms with Gasteiger partial charge in [-0.2, -0.15) is 4.98 Å². The zero-order chi connectivity index (χ0) is 12.3. The van der Waals surface area contributed by atoms with Crippen molar-refractivity contribution in [2.45, 2.75) is 32.7 Å². The predicted molar refractivity (Wildman–Crippen MR) is 64.1 cm³/mol. The van der Waals surface area contributed by atoms with E-state index in [1.54, 1.807) is 6.20 Å². The minimum atomic E-state index is -0.204. The van der Waals surface area contributed by atoms with Crippen LogP contribution >= 0.6 is 0 Å². The first-order valence-corrected chi connectivity index (χ1v) is 5.79. The van der Waals surface area contributed by atoms with Crippen molar-refractivity contribution in [2.75, 3.05) is 0 Å². The third kappa shape index (κ3) is 2.34. The van der Waals surface area contributed by atoms with Crippen LogP contribution in [0.15, 0.2) is 22.9 Å². The van der Waals surface area contributed by atoms with Crippen LogP contribution in [-0.4, -0.2) is 15.1 Å². The van der Waals surface area contributed by atoms with E-state index in [4.69, 9.17) is 10.3 Å². The summed E-state index contributed by atoms with van der Waals surface area (Å²) >= 11 is 0. The van der Waals surface area contributed by atoms with Gasteiger partial charge in [-0.05, 0) is 24.5 Å². The van der Waals surface area contributed by atoms with Gasteiger partial charge in [0.1, 0.15) is 5.69 Å². The Kier molecular flexibility index (Phi) is 3.49. The van der Waals surface area contributed by atoms with Gasteiger partial charge >= 0.3 is 0 Å². The lowest BCUT2D eigenvalue weighted by molar-refractivity contribution is 0.352. The predicted octanol–water partition coefficient (Wildman–Crippen LogP) is 2.10. The molecule has 0 amide bonds. The molecule has 0 saturated heterocycles. The first-order valence-electron chi connectivity index (χ1n) is 5.79. The third-order valence-corrected chi connectivity index (χ3v) is 2.68. The number of nitrogens with zero attached hydrogens (tertiary/aromatic N) is 3. The van der Waals surface area contributed by atoms with Crippen molar-refractivity contribution in [3.8, 4) is 11.5 Å². The summed E-state index contributed by atoms with van der Waals surface area (Å²) in [5.41, 5.74) is 7.71. The van der Waals surface area contributed by atoms with Gasteiger partial charge in [-0.3, -0.25) is 4.98 Å². The largest absolute Gasteiger partial charge is 0.337 e. The van der Waals surface area contributed by atoms with E-state index in [0.29, 0.717) is 11.7 Å². The lowest BCUT2D eigenvalue weighted by Crippen LogP contribution is -2.08. The molecule has 2 aromatic heterocycles. The van der Waals surface area contributed by atoms with Gasteiger partial charge < -0.3 is 10.3 Å². The Balaban J connectivity index is 2.37. The first kappa shape index (κ1) is 11.7. The van der Waals surface area contributed by atoms with Crippen molar-refractivity contribution in [1.82, 2.24) is 15.1 Å². The van der Waals surface area contributed by atoms with E-state index in [1.807, 2.05) is 19.1 Å². The van der Waals surface area contributed by atoms with Gasteiger partial charge in [0.2, 0.25) is 11.7 Å². The SMILES string of the molecule is CCc1cccnc1-c1noc(C(N)CC)n1. The second-order valence-corrected chi connectivity index (χ2v) is 3.84. The van der Waals surface area contributed by atoms with E-state index in [-0.39, 0.29) is 6.04 Å². The summed E-state index contributed by atoms with van der Waals surface area (Å²) in [4.78, 5) is 8.59. The van der Waals surface area contributed by atoms with Crippen LogP contribution < -0.4 is 5.73 Å². The number of aromatic nitrogens is 3. The van der Waals surface area contributed by atoms with Gasteiger partial charge in [0.25, 0.3) is 0 Å². The molecule has 5 nitrogen and oxygen atoms in total. The lowest BCUT2D eigenvalue weighted by Gasteiger charge is -2.01. The molecule has 2 rings (SSSR count). The molecule has 0 radical (unpaired) electrons. The molecule has 0 aliphatic carbocycles. The minimum absolute atomic E-state index is 0.204. The van der Waals surface area contributed by atoms with Crippen LogP contribution in [0.2, 0.25) is 0 Å².